The molecule has 0 heterocycles. The predicted octanol–water partition coefficient (Wildman–Crippen LogP) is 1.13. The quantitative estimate of drug-likeness (QED) is 0.436. The fourth-order valence-electron chi connectivity index (χ4n) is 1.29. The number of amides is 2. The summed E-state index contributed by atoms with van der Waals surface area (Å²) in [5, 5.41) is 10.6. The van der Waals surface area contributed by atoms with E-state index in [9.17, 15) is 19.7 Å². The Balaban J connectivity index is 3.25. The highest BCUT2D eigenvalue weighted by Crippen LogP contribution is 2.21. The summed E-state index contributed by atoms with van der Waals surface area (Å²) in [7, 11) is 1.30. The first kappa shape index (κ1) is 11.8. The van der Waals surface area contributed by atoms with E-state index < -0.39 is 10.8 Å². The van der Waals surface area contributed by atoms with Crippen molar-refractivity contribution in [2.24, 2.45) is 0 Å². The van der Waals surface area contributed by atoms with Crippen molar-refractivity contribution in [1.29, 1.82) is 0 Å². The molecule has 0 unspecified atom stereocenters. The SMILES string of the molecule is Cc1c(C(=O)N(C)C=O)cccc1[N+](=O)[O-]. The van der Waals surface area contributed by atoms with Crippen LogP contribution in [0, 0.1) is 17.0 Å². The van der Waals surface area contributed by atoms with Gasteiger partial charge in [0.05, 0.1) is 4.92 Å². The number of nitrogens with zero attached hydrogens (tertiary/aromatic N) is 2. The average molecular weight is 222 g/mol. The van der Waals surface area contributed by atoms with Gasteiger partial charge in [-0.05, 0) is 13.0 Å². The van der Waals surface area contributed by atoms with Crippen LogP contribution in [0.25, 0.3) is 0 Å². The molecule has 0 fully saturated rings. The number of nitro groups is 1. The predicted molar refractivity (Wildman–Crippen MR) is 56.0 cm³/mol. The summed E-state index contributed by atoms with van der Waals surface area (Å²) < 4.78 is 0. The summed E-state index contributed by atoms with van der Waals surface area (Å²) in [4.78, 5) is 33.0. The molecule has 0 saturated heterocycles. The highest BCUT2D eigenvalue weighted by atomic mass is 16.6. The van der Waals surface area contributed by atoms with Crippen LogP contribution < -0.4 is 0 Å². The third-order valence-electron chi connectivity index (χ3n) is 2.21. The highest BCUT2D eigenvalue weighted by Gasteiger charge is 2.19. The second kappa shape index (κ2) is 4.52. The molecular formula is C10H10N2O4. The van der Waals surface area contributed by atoms with Gasteiger partial charge >= 0.3 is 0 Å². The Morgan fingerprint density at radius 2 is 2.12 bits per heavy atom. The normalized spacial score (nSPS) is 9.62. The second-order valence-corrected chi connectivity index (χ2v) is 3.23. The molecule has 0 aromatic heterocycles. The molecule has 0 saturated carbocycles. The van der Waals surface area contributed by atoms with Crippen LogP contribution in [-0.4, -0.2) is 29.2 Å². The Kier molecular flexibility index (Phi) is 3.34. The smallest absolute Gasteiger partial charge is 0.273 e. The zero-order valence-corrected chi connectivity index (χ0v) is 8.84. The molecular weight excluding hydrogens is 212 g/mol. The summed E-state index contributed by atoms with van der Waals surface area (Å²) in [6, 6.07) is 4.18. The minimum absolute atomic E-state index is 0.134. The van der Waals surface area contributed by atoms with E-state index in [1.165, 1.54) is 32.2 Å². The lowest BCUT2D eigenvalue weighted by atomic mass is 10.1. The number of hydrogen-bond donors (Lipinski definition) is 0. The molecule has 0 atom stereocenters. The van der Waals surface area contributed by atoms with Crippen LogP contribution in [0.1, 0.15) is 15.9 Å². The molecule has 6 heteroatoms. The van der Waals surface area contributed by atoms with Crippen molar-refractivity contribution in [3.63, 3.8) is 0 Å². The van der Waals surface area contributed by atoms with Gasteiger partial charge in [-0.25, -0.2) is 0 Å². The van der Waals surface area contributed by atoms with Crippen LogP contribution in [0.3, 0.4) is 0 Å². The molecule has 1 aromatic carbocycles. The van der Waals surface area contributed by atoms with E-state index in [0.29, 0.717) is 6.41 Å². The summed E-state index contributed by atoms with van der Waals surface area (Å²) >= 11 is 0. The first-order valence-corrected chi connectivity index (χ1v) is 4.45. The van der Waals surface area contributed by atoms with Crippen LogP contribution in [0.15, 0.2) is 18.2 Å². The van der Waals surface area contributed by atoms with Gasteiger partial charge in [0.2, 0.25) is 6.41 Å². The molecule has 16 heavy (non-hydrogen) atoms. The van der Waals surface area contributed by atoms with E-state index in [1.54, 1.807) is 0 Å². The fourth-order valence-corrected chi connectivity index (χ4v) is 1.29. The molecule has 2 amide bonds. The van der Waals surface area contributed by atoms with Gasteiger partial charge in [-0.1, -0.05) is 6.07 Å². The number of imide groups is 1. The van der Waals surface area contributed by atoms with Crippen molar-refractivity contribution in [2.45, 2.75) is 6.92 Å². The van der Waals surface area contributed by atoms with Crippen molar-refractivity contribution in [3.8, 4) is 0 Å². The Morgan fingerprint density at radius 1 is 1.50 bits per heavy atom. The number of carbonyl (C=O) groups excluding carboxylic acids is 2. The standard InChI is InChI=1S/C10H10N2O4/c1-7-8(10(14)11(2)6-13)4-3-5-9(7)12(15)16/h3-6H,1-2H3. The monoisotopic (exact) mass is 222 g/mol. The molecule has 0 spiro atoms. The molecule has 0 radical (unpaired) electrons. The van der Waals surface area contributed by atoms with E-state index >= 15 is 0 Å². The van der Waals surface area contributed by atoms with Crippen molar-refractivity contribution >= 4 is 18.0 Å². The van der Waals surface area contributed by atoms with Crippen LogP contribution in [0.5, 0.6) is 0 Å². The zero-order chi connectivity index (χ0) is 12.3. The lowest BCUT2D eigenvalue weighted by Gasteiger charge is -2.10. The summed E-state index contributed by atoms with van der Waals surface area (Å²) in [5.74, 6) is -0.559. The molecule has 6 nitrogen and oxygen atoms in total. The van der Waals surface area contributed by atoms with E-state index in [-0.39, 0.29) is 16.8 Å². The van der Waals surface area contributed by atoms with Crippen molar-refractivity contribution in [2.75, 3.05) is 7.05 Å². The first-order valence-electron chi connectivity index (χ1n) is 4.45. The molecule has 0 aliphatic rings. The molecule has 0 aliphatic carbocycles. The van der Waals surface area contributed by atoms with Gasteiger partial charge in [0.25, 0.3) is 11.6 Å². The van der Waals surface area contributed by atoms with Crippen LogP contribution in [0.2, 0.25) is 0 Å². The van der Waals surface area contributed by atoms with Crippen LogP contribution >= 0.6 is 0 Å². The Labute approximate surface area is 91.6 Å². The summed E-state index contributed by atoms with van der Waals surface area (Å²) in [6.07, 6.45) is 0.362. The zero-order valence-electron chi connectivity index (χ0n) is 8.84. The summed E-state index contributed by atoms with van der Waals surface area (Å²) in [6.45, 7) is 1.48. The molecule has 0 aliphatic heterocycles. The van der Waals surface area contributed by atoms with Crippen molar-refractivity contribution < 1.29 is 14.5 Å². The number of carbonyl (C=O) groups is 2. The number of rotatable bonds is 3. The van der Waals surface area contributed by atoms with Crippen LogP contribution in [-0.2, 0) is 4.79 Å². The molecule has 0 N–H and O–H groups in total. The molecule has 1 rings (SSSR count). The largest absolute Gasteiger partial charge is 0.284 e. The fraction of sp³-hybridized carbons (Fsp3) is 0.200. The molecule has 0 bridgehead atoms. The Morgan fingerprint density at radius 3 is 2.62 bits per heavy atom. The topological polar surface area (TPSA) is 80.5 Å². The Hall–Kier alpha value is -2.24. The first-order chi connectivity index (χ1) is 7.49. The second-order valence-electron chi connectivity index (χ2n) is 3.23. The van der Waals surface area contributed by atoms with Gasteiger partial charge in [-0.3, -0.25) is 24.6 Å². The van der Waals surface area contributed by atoms with E-state index in [4.69, 9.17) is 0 Å². The van der Waals surface area contributed by atoms with Gasteiger partial charge in [-0.2, -0.15) is 0 Å². The maximum absolute atomic E-state index is 11.6. The maximum Gasteiger partial charge on any atom is 0.273 e. The minimum Gasteiger partial charge on any atom is -0.284 e. The molecule has 84 valence electrons. The van der Waals surface area contributed by atoms with Gasteiger partial charge in [0.15, 0.2) is 0 Å². The maximum atomic E-state index is 11.6. The van der Waals surface area contributed by atoms with Crippen LogP contribution in [0.4, 0.5) is 5.69 Å². The van der Waals surface area contributed by atoms with Gasteiger partial charge < -0.3 is 0 Å². The minimum atomic E-state index is -0.562. The van der Waals surface area contributed by atoms with Gasteiger partial charge in [-0.15, -0.1) is 0 Å². The summed E-state index contributed by atoms with van der Waals surface area (Å²) in [5.41, 5.74) is 0.278. The lowest BCUT2D eigenvalue weighted by molar-refractivity contribution is -0.385. The van der Waals surface area contributed by atoms with Crippen molar-refractivity contribution in [1.82, 2.24) is 4.90 Å². The van der Waals surface area contributed by atoms with Gasteiger partial charge in [0, 0.05) is 24.2 Å². The highest BCUT2D eigenvalue weighted by molar-refractivity contribution is 6.01. The number of benzene rings is 1. The van der Waals surface area contributed by atoms with Gasteiger partial charge in [0.1, 0.15) is 0 Å². The lowest BCUT2D eigenvalue weighted by Crippen LogP contribution is -2.25. The number of hydrogen-bond acceptors (Lipinski definition) is 4. The third-order valence-corrected chi connectivity index (χ3v) is 2.21. The van der Waals surface area contributed by atoms with E-state index in [2.05, 4.69) is 0 Å². The third kappa shape index (κ3) is 2.05. The van der Waals surface area contributed by atoms with Crippen molar-refractivity contribution in [3.05, 3.63) is 39.4 Å². The number of nitro benzene ring substituents is 1. The average Bonchev–Trinajstić information content (AvgIpc) is 2.27. The Bertz CT molecular complexity index is 456. The van der Waals surface area contributed by atoms with E-state index in [1.807, 2.05) is 0 Å². The molecule has 1 aromatic rings. The van der Waals surface area contributed by atoms with E-state index in [0.717, 1.165) is 4.90 Å².